The molecule has 0 radical (unpaired) electrons. The van der Waals surface area contributed by atoms with E-state index in [1.54, 1.807) is 48.5 Å². The molecule has 132 valence electrons. The molecule has 4 nitrogen and oxygen atoms in total. The number of halogens is 1. The Kier molecular flexibility index (Phi) is 5.40. The molecule has 0 aromatic heterocycles. The number of rotatable bonds is 5. The van der Waals surface area contributed by atoms with Crippen molar-refractivity contribution in [3.8, 4) is 0 Å². The highest BCUT2D eigenvalue weighted by Crippen LogP contribution is 2.16. The molecule has 6 heteroatoms. The third-order valence-corrected chi connectivity index (χ3v) is 5.25. The summed E-state index contributed by atoms with van der Waals surface area (Å²) in [5.41, 5.74) is 3.05. The summed E-state index contributed by atoms with van der Waals surface area (Å²) < 4.78 is 25.1. The molecule has 0 saturated carbocycles. The fourth-order valence-corrected chi connectivity index (χ4v) is 3.31. The lowest BCUT2D eigenvalue weighted by Gasteiger charge is -2.09. The van der Waals surface area contributed by atoms with Gasteiger partial charge in [0, 0.05) is 16.1 Å². The van der Waals surface area contributed by atoms with Gasteiger partial charge in [-0.05, 0) is 31.2 Å². The van der Waals surface area contributed by atoms with Gasteiger partial charge in [-0.25, -0.2) is 0 Å². The van der Waals surface area contributed by atoms with E-state index in [2.05, 4.69) is 9.93 Å². The molecule has 3 aromatic rings. The molecule has 3 aromatic carbocycles. The van der Waals surface area contributed by atoms with Gasteiger partial charge in [-0.1, -0.05) is 71.8 Å². The molecule has 0 bridgehead atoms. The quantitative estimate of drug-likeness (QED) is 0.524. The van der Waals surface area contributed by atoms with Crippen LogP contribution >= 0.6 is 11.6 Å². The van der Waals surface area contributed by atoms with Gasteiger partial charge in [-0.15, -0.1) is 0 Å². The highest BCUT2D eigenvalue weighted by Gasteiger charge is 2.14. The third kappa shape index (κ3) is 4.31. The van der Waals surface area contributed by atoms with E-state index < -0.39 is 10.0 Å². The second-order valence-electron chi connectivity index (χ2n) is 5.74. The first-order chi connectivity index (χ1) is 12.5. The van der Waals surface area contributed by atoms with E-state index in [4.69, 9.17) is 11.6 Å². The predicted octanol–water partition coefficient (Wildman–Crippen LogP) is 4.38. The largest absolute Gasteiger partial charge is 0.276 e. The van der Waals surface area contributed by atoms with Crippen molar-refractivity contribution in [1.29, 1.82) is 0 Å². The first-order valence-electron chi connectivity index (χ1n) is 7.93. The smallest absolute Gasteiger partial charge is 0.200 e. The van der Waals surface area contributed by atoms with Crippen LogP contribution in [0.2, 0.25) is 5.02 Å². The molecule has 0 aliphatic heterocycles. The van der Waals surface area contributed by atoms with Crippen LogP contribution in [0.4, 0.5) is 0 Å². The Morgan fingerprint density at radius 2 is 1.42 bits per heavy atom. The first kappa shape index (κ1) is 18.2. The third-order valence-electron chi connectivity index (χ3n) is 3.77. The summed E-state index contributed by atoms with van der Waals surface area (Å²) in [6.07, 6.45) is 0. The molecule has 0 aliphatic carbocycles. The summed E-state index contributed by atoms with van der Waals surface area (Å²) in [7, 11) is -3.76. The maximum Gasteiger partial charge on any atom is 0.276 e. The van der Waals surface area contributed by atoms with Crippen LogP contribution in [0.3, 0.4) is 0 Å². The summed E-state index contributed by atoms with van der Waals surface area (Å²) >= 11 is 5.95. The highest BCUT2D eigenvalue weighted by atomic mass is 35.5. The van der Waals surface area contributed by atoms with E-state index in [0.29, 0.717) is 10.7 Å². The standard InChI is InChI=1S/C20H17ClN2O2S/c1-15-7-13-19(14-8-15)26(24,25)23-22-20(16-5-3-2-4-6-16)17-9-11-18(21)12-10-17/h2-14,23H,1H3. The monoisotopic (exact) mass is 384 g/mol. The van der Waals surface area contributed by atoms with E-state index in [0.717, 1.165) is 16.7 Å². The Morgan fingerprint density at radius 3 is 2.04 bits per heavy atom. The van der Waals surface area contributed by atoms with Gasteiger partial charge in [0.25, 0.3) is 10.0 Å². The summed E-state index contributed by atoms with van der Waals surface area (Å²) in [5.74, 6) is 0. The number of nitrogens with zero attached hydrogens (tertiary/aromatic N) is 1. The number of hydrogen-bond donors (Lipinski definition) is 1. The minimum atomic E-state index is -3.76. The summed E-state index contributed by atoms with van der Waals surface area (Å²) in [5, 5.41) is 4.80. The second-order valence-corrected chi connectivity index (χ2v) is 7.84. The van der Waals surface area contributed by atoms with Crippen LogP contribution in [0.5, 0.6) is 0 Å². The van der Waals surface area contributed by atoms with Gasteiger partial charge in [0.1, 0.15) is 0 Å². The molecule has 0 heterocycles. The van der Waals surface area contributed by atoms with Crippen molar-refractivity contribution in [2.75, 3.05) is 0 Å². The SMILES string of the molecule is Cc1ccc(S(=O)(=O)NN=C(c2ccccc2)c2ccc(Cl)cc2)cc1. The Labute approximate surface area is 158 Å². The van der Waals surface area contributed by atoms with Gasteiger partial charge < -0.3 is 0 Å². The van der Waals surface area contributed by atoms with Crippen LogP contribution in [0, 0.1) is 6.92 Å². The van der Waals surface area contributed by atoms with Crippen molar-refractivity contribution in [2.24, 2.45) is 5.10 Å². The van der Waals surface area contributed by atoms with Gasteiger partial charge in [0.2, 0.25) is 0 Å². The minimum Gasteiger partial charge on any atom is -0.200 e. The van der Waals surface area contributed by atoms with Crippen molar-refractivity contribution in [1.82, 2.24) is 4.83 Å². The van der Waals surface area contributed by atoms with Crippen LogP contribution in [-0.2, 0) is 10.0 Å². The summed E-state index contributed by atoms with van der Waals surface area (Å²) in [6.45, 7) is 1.90. The van der Waals surface area contributed by atoms with Crippen LogP contribution < -0.4 is 4.83 Å². The summed E-state index contributed by atoms with van der Waals surface area (Å²) in [6, 6.07) is 23.0. The fourth-order valence-electron chi connectivity index (χ4n) is 2.38. The van der Waals surface area contributed by atoms with Crippen LogP contribution in [-0.4, -0.2) is 14.1 Å². The second kappa shape index (κ2) is 7.72. The van der Waals surface area contributed by atoms with Crippen molar-refractivity contribution in [3.63, 3.8) is 0 Å². The Hall–Kier alpha value is -2.63. The normalized spacial score (nSPS) is 12.0. The van der Waals surface area contributed by atoms with Gasteiger partial charge >= 0.3 is 0 Å². The Morgan fingerprint density at radius 1 is 0.846 bits per heavy atom. The van der Waals surface area contributed by atoms with Gasteiger partial charge in [-0.2, -0.15) is 18.4 Å². The molecule has 0 aliphatic rings. The zero-order valence-electron chi connectivity index (χ0n) is 14.1. The highest BCUT2D eigenvalue weighted by molar-refractivity contribution is 7.89. The van der Waals surface area contributed by atoms with E-state index in [9.17, 15) is 8.42 Å². The lowest BCUT2D eigenvalue weighted by molar-refractivity contribution is 0.584. The Bertz CT molecular complexity index is 1010. The number of aryl methyl sites for hydroxylation is 1. The fraction of sp³-hybridized carbons (Fsp3) is 0.0500. The van der Waals surface area contributed by atoms with E-state index >= 15 is 0 Å². The molecule has 0 spiro atoms. The Balaban J connectivity index is 1.99. The molecule has 0 saturated heterocycles. The molecular formula is C20H17ClN2O2S. The minimum absolute atomic E-state index is 0.162. The number of sulfonamides is 1. The molecular weight excluding hydrogens is 368 g/mol. The van der Waals surface area contributed by atoms with Gasteiger partial charge in [-0.3, -0.25) is 0 Å². The zero-order valence-corrected chi connectivity index (χ0v) is 15.6. The van der Waals surface area contributed by atoms with Gasteiger partial charge in [0.05, 0.1) is 10.6 Å². The zero-order chi connectivity index (χ0) is 18.6. The first-order valence-corrected chi connectivity index (χ1v) is 9.79. The lowest BCUT2D eigenvalue weighted by Crippen LogP contribution is -2.21. The molecule has 3 rings (SSSR count). The maximum absolute atomic E-state index is 12.5. The van der Waals surface area contributed by atoms with Crippen LogP contribution in [0.1, 0.15) is 16.7 Å². The number of hydrazone groups is 1. The lowest BCUT2D eigenvalue weighted by atomic mass is 10.0. The number of nitrogens with one attached hydrogen (secondary N) is 1. The molecule has 0 amide bonds. The molecule has 1 N–H and O–H groups in total. The van der Waals surface area contributed by atoms with Crippen molar-refractivity contribution in [2.45, 2.75) is 11.8 Å². The average Bonchev–Trinajstić information content (AvgIpc) is 2.64. The van der Waals surface area contributed by atoms with E-state index in [1.165, 1.54) is 0 Å². The van der Waals surface area contributed by atoms with E-state index in [-0.39, 0.29) is 4.90 Å². The van der Waals surface area contributed by atoms with Crippen molar-refractivity contribution < 1.29 is 8.42 Å². The molecule has 0 unspecified atom stereocenters. The number of benzene rings is 3. The molecule has 0 atom stereocenters. The maximum atomic E-state index is 12.5. The van der Waals surface area contributed by atoms with Crippen molar-refractivity contribution >= 4 is 27.3 Å². The van der Waals surface area contributed by atoms with E-state index in [1.807, 2.05) is 37.3 Å². The van der Waals surface area contributed by atoms with Crippen LogP contribution in [0.15, 0.2) is 88.9 Å². The predicted molar refractivity (Wildman–Crippen MR) is 105 cm³/mol. The van der Waals surface area contributed by atoms with Gasteiger partial charge in [0.15, 0.2) is 0 Å². The topological polar surface area (TPSA) is 58.5 Å². The average molecular weight is 385 g/mol. The van der Waals surface area contributed by atoms with Crippen molar-refractivity contribution in [3.05, 3.63) is 101 Å². The molecule has 26 heavy (non-hydrogen) atoms. The summed E-state index contributed by atoms with van der Waals surface area (Å²) in [4.78, 5) is 2.50. The molecule has 0 fully saturated rings. The van der Waals surface area contributed by atoms with Crippen LogP contribution in [0.25, 0.3) is 0 Å². The number of hydrogen-bond acceptors (Lipinski definition) is 3.